The van der Waals surface area contributed by atoms with Crippen LogP contribution in [0.25, 0.3) is 0 Å². The molecule has 0 aromatic carbocycles. The Morgan fingerprint density at radius 3 is 2.85 bits per heavy atom. The second-order valence-corrected chi connectivity index (χ2v) is 4.91. The van der Waals surface area contributed by atoms with Crippen LogP contribution in [0.15, 0.2) is 22.8 Å². The summed E-state index contributed by atoms with van der Waals surface area (Å²) in [7, 11) is 0. The van der Waals surface area contributed by atoms with E-state index in [0.29, 0.717) is 0 Å². The number of rotatable bonds is 2. The van der Waals surface area contributed by atoms with Crippen molar-refractivity contribution in [1.82, 2.24) is 4.98 Å². The van der Waals surface area contributed by atoms with E-state index < -0.39 is 0 Å². The van der Waals surface area contributed by atoms with Gasteiger partial charge in [0.05, 0.1) is 0 Å². The molecule has 0 bridgehead atoms. The van der Waals surface area contributed by atoms with Gasteiger partial charge in [0.25, 0.3) is 0 Å². The average molecular weight is 240 g/mol. The minimum absolute atomic E-state index is 0.886. The highest BCUT2D eigenvalue weighted by atomic mass is 79.9. The van der Waals surface area contributed by atoms with Crippen molar-refractivity contribution in [3.63, 3.8) is 0 Å². The molecule has 0 N–H and O–H groups in total. The Labute approximate surface area is 87.7 Å². The lowest BCUT2D eigenvalue weighted by atomic mass is 9.74. The topological polar surface area (TPSA) is 12.9 Å². The van der Waals surface area contributed by atoms with Gasteiger partial charge >= 0.3 is 0 Å². The Hall–Kier alpha value is -0.370. The predicted octanol–water partition coefficient (Wildman–Crippen LogP) is 3.43. The molecule has 1 nitrogen and oxygen atoms in total. The van der Waals surface area contributed by atoms with Crippen LogP contribution in [0.3, 0.4) is 0 Å². The number of hydrogen-bond acceptors (Lipinski definition) is 1. The van der Waals surface area contributed by atoms with Crippen molar-refractivity contribution in [3.8, 4) is 0 Å². The summed E-state index contributed by atoms with van der Waals surface area (Å²) in [6.07, 6.45) is 3.92. The van der Waals surface area contributed by atoms with Crippen LogP contribution >= 0.6 is 15.9 Å². The van der Waals surface area contributed by atoms with Crippen LogP contribution in [0.5, 0.6) is 0 Å². The lowest BCUT2D eigenvalue weighted by Crippen LogP contribution is -2.23. The zero-order chi connectivity index (χ0) is 9.26. The van der Waals surface area contributed by atoms with E-state index in [4.69, 9.17) is 0 Å². The van der Waals surface area contributed by atoms with Crippen molar-refractivity contribution in [2.75, 3.05) is 0 Å². The molecule has 2 rings (SSSR count). The number of aromatic nitrogens is 1. The van der Waals surface area contributed by atoms with E-state index in [1.165, 1.54) is 18.5 Å². The van der Waals surface area contributed by atoms with Crippen molar-refractivity contribution >= 4 is 15.9 Å². The molecule has 1 aromatic rings. The summed E-state index contributed by atoms with van der Waals surface area (Å²) in [6, 6.07) is 6.16. The van der Waals surface area contributed by atoms with Gasteiger partial charge < -0.3 is 0 Å². The highest BCUT2D eigenvalue weighted by Gasteiger charge is 2.25. The van der Waals surface area contributed by atoms with Crippen LogP contribution in [-0.4, -0.2) is 4.98 Å². The third kappa shape index (κ3) is 2.31. The molecule has 1 aromatic heterocycles. The van der Waals surface area contributed by atoms with Gasteiger partial charge in [-0.2, -0.15) is 0 Å². The fourth-order valence-corrected chi connectivity index (χ4v) is 2.48. The monoisotopic (exact) mass is 239 g/mol. The molecule has 1 aliphatic carbocycles. The summed E-state index contributed by atoms with van der Waals surface area (Å²) in [4.78, 5) is 4.44. The lowest BCUT2D eigenvalue weighted by molar-refractivity contribution is 0.210. The fraction of sp³-hybridized carbons (Fsp3) is 0.545. The van der Waals surface area contributed by atoms with E-state index in [1.54, 1.807) is 0 Å². The van der Waals surface area contributed by atoms with Gasteiger partial charge in [-0.05, 0) is 59.2 Å². The molecule has 1 heterocycles. The zero-order valence-corrected chi connectivity index (χ0v) is 9.42. The van der Waals surface area contributed by atoms with E-state index in [-0.39, 0.29) is 0 Å². The second kappa shape index (κ2) is 3.79. The van der Waals surface area contributed by atoms with Gasteiger partial charge in [0, 0.05) is 5.69 Å². The molecule has 0 atom stereocenters. The fourth-order valence-electron chi connectivity index (χ4n) is 2.10. The zero-order valence-electron chi connectivity index (χ0n) is 7.83. The Balaban J connectivity index is 1.94. The molecule has 0 radical (unpaired) electrons. The first-order valence-corrected chi connectivity index (χ1v) is 5.65. The molecular weight excluding hydrogens is 226 g/mol. The van der Waals surface area contributed by atoms with Gasteiger partial charge in [-0.3, -0.25) is 0 Å². The summed E-state index contributed by atoms with van der Waals surface area (Å²) >= 11 is 3.39. The summed E-state index contributed by atoms with van der Waals surface area (Å²) in [5.74, 6) is 1.83. The highest BCUT2D eigenvalue weighted by Crippen LogP contribution is 2.35. The number of halogens is 1. The summed E-state index contributed by atoms with van der Waals surface area (Å²) in [5.41, 5.74) is 1.23. The Morgan fingerprint density at radius 2 is 2.23 bits per heavy atom. The summed E-state index contributed by atoms with van der Waals surface area (Å²) in [6.45, 7) is 2.32. The summed E-state index contributed by atoms with van der Waals surface area (Å²) in [5, 5.41) is 0. The van der Waals surface area contributed by atoms with Crippen molar-refractivity contribution in [1.29, 1.82) is 0 Å². The smallest absolute Gasteiger partial charge is 0.106 e. The first-order chi connectivity index (χ1) is 6.24. The van der Waals surface area contributed by atoms with Crippen LogP contribution in [-0.2, 0) is 6.42 Å². The Morgan fingerprint density at radius 1 is 1.46 bits per heavy atom. The van der Waals surface area contributed by atoms with Gasteiger partial charge in [0.2, 0.25) is 0 Å². The van der Waals surface area contributed by atoms with E-state index in [9.17, 15) is 0 Å². The van der Waals surface area contributed by atoms with E-state index >= 15 is 0 Å². The highest BCUT2D eigenvalue weighted by molar-refractivity contribution is 9.10. The number of pyridine rings is 1. The summed E-state index contributed by atoms with van der Waals surface area (Å²) < 4.78 is 0.956. The molecule has 70 valence electrons. The molecule has 1 aliphatic rings. The maximum absolute atomic E-state index is 4.44. The van der Waals surface area contributed by atoms with Crippen LogP contribution in [0.2, 0.25) is 0 Å². The minimum atomic E-state index is 0.886. The van der Waals surface area contributed by atoms with E-state index in [0.717, 1.165) is 22.9 Å². The molecule has 0 amide bonds. The van der Waals surface area contributed by atoms with Crippen molar-refractivity contribution in [3.05, 3.63) is 28.5 Å². The molecule has 0 saturated heterocycles. The van der Waals surface area contributed by atoms with E-state index in [2.05, 4.69) is 40.0 Å². The number of hydrogen-bond donors (Lipinski definition) is 0. The quantitative estimate of drug-likeness (QED) is 0.721. The van der Waals surface area contributed by atoms with Gasteiger partial charge in [-0.1, -0.05) is 13.0 Å². The Bertz CT molecular complexity index is 292. The maximum atomic E-state index is 4.44. The van der Waals surface area contributed by atoms with Crippen LogP contribution in [0, 0.1) is 11.8 Å². The molecule has 0 aliphatic heterocycles. The molecular formula is C11H14BrN. The second-order valence-electron chi connectivity index (χ2n) is 4.10. The van der Waals surface area contributed by atoms with Gasteiger partial charge in [-0.25, -0.2) is 4.98 Å². The third-order valence-corrected chi connectivity index (χ3v) is 3.18. The van der Waals surface area contributed by atoms with Crippen molar-refractivity contribution in [2.45, 2.75) is 26.2 Å². The van der Waals surface area contributed by atoms with Crippen LogP contribution < -0.4 is 0 Å². The SMILES string of the molecule is CC1CC(Cc2cccc(Br)n2)C1. The molecule has 13 heavy (non-hydrogen) atoms. The lowest BCUT2D eigenvalue weighted by Gasteiger charge is -2.32. The molecule has 0 unspecified atom stereocenters. The average Bonchev–Trinajstić information content (AvgIpc) is 2.01. The first-order valence-electron chi connectivity index (χ1n) is 4.85. The normalized spacial score (nSPS) is 26.9. The van der Waals surface area contributed by atoms with Gasteiger partial charge in [0.15, 0.2) is 0 Å². The predicted molar refractivity (Wildman–Crippen MR) is 57.5 cm³/mol. The minimum Gasteiger partial charge on any atom is -0.246 e. The van der Waals surface area contributed by atoms with Crippen molar-refractivity contribution in [2.24, 2.45) is 11.8 Å². The maximum Gasteiger partial charge on any atom is 0.106 e. The van der Waals surface area contributed by atoms with Crippen molar-refractivity contribution < 1.29 is 0 Å². The third-order valence-electron chi connectivity index (χ3n) is 2.74. The van der Waals surface area contributed by atoms with Gasteiger partial charge in [0.1, 0.15) is 4.60 Å². The Kier molecular flexibility index (Phi) is 2.68. The first kappa shape index (κ1) is 9.20. The molecule has 0 spiro atoms. The number of nitrogens with zero attached hydrogens (tertiary/aromatic N) is 1. The van der Waals surface area contributed by atoms with Crippen LogP contribution in [0.4, 0.5) is 0 Å². The molecule has 2 heteroatoms. The largest absolute Gasteiger partial charge is 0.246 e. The standard InChI is InChI=1S/C11H14BrN/c1-8-5-9(6-8)7-10-3-2-4-11(12)13-10/h2-4,8-9H,5-7H2,1H3. The van der Waals surface area contributed by atoms with Gasteiger partial charge in [-0.15, -0.1) is 0 Å². The van der Waals surface area contributed by atoms with Crippen LogP contribution in [0.1, 0.15) is 25.5 Å². The van der Waals surface area contributed by atoms with E-state index in [1.807, 2.05) is 6.07 Å². The molecule has 1 fully saturated rings. The molecule has 1 saturated carbocycles.